The molecule has 3 atom stereocenters. The molecule has 0 aliphatic carbocycles. The molecule has 1 rings (SSSR count). The highest BCUT2D eigenvalue weighted by atomic mass is 31.1. The zero-order valence-corrected chi connectivity index (χ0v) is 7.70. The molecule has 1 saturated heterocycles. The second-order valence-electron chi connectivity index (χ2n) is 3.37. The fourth-order valence-corrected chi connectivity index (χ4v) is 3.45. The summed E-state index contributed by atoms with van der Waals surface area (Å²) in [6, 6.07) is 0. The van der Waals surface area contributed by atoms with E-state index in [2.05, 4.69) is 20.8 Å². The molecule has 9 heavy (non-hydrogen) atoms. The summed E-state index contributed by atoms with van der Waals surface area (Å²) >= 11 is 0. The highest BCUT2D eigenvalue weighted by Gasteiger charge is 2.36. The average Bonchev–Trinajstić information content (AvgIpc) is 1.81. The summed E-state index contributed by atoms with van der Waals surface area (Å²) in [5.41, 5.74) is 1.09. The van der Waals surface area contributed by atoms with Gasteiger partial charge >= 0.3 is 0 Å². The first-order chi connectivity index (χ1) is 4.20. The van der Waals surface area contributed by atoms with Crippen molar-refractivity contribution in [2.45, 2.75) is 50.8 Å². The van der Waals surface area contributed by atoms with Crippen LogP contribution in [0.4, 0.5) is 0 Å². The third-order valence-electron chi connectivity index (χ3n) is 2.52. The Bertz CT molecular complexity index is 92.7. The van der Waals surface area contributed by atoms with Gasteiger partial charge in [-0.1, -0.05) is 20.8 Å². The van der Waals surface area contributed by atoms with Gasteiger partial charge in [0.25, 0.3) is 0 Å². The Balaban J connectivity index is 2.24. The van der Waals surface area contributed by atoms with E-state index in [1.54, 1.807) is 0 Å². The van der Waals surface area contributed by atoms with Crippen molar-refractivity contribution in [3.8, 4) is 0 Å². The van der Waals surface area contributed by atoms with Gasteiger partial charge in [0.1, 0.15) is 0 Å². The van der Waals surface area contributed by atoms with Gasteiger partial charge < -0.3 is 0 Å². The minimum absolute atomic E-state index is 0.765. The van der Waals surface area contributed by atoms with Crippen LogP contribution in [-0.4, -0.2) is 10.8 Å². The van der Waals surface area contributed by atoms with E-state index in [9.17, 15) is 0 Å². The minimum Gasteiger partial charge on any atom is -0.113 e. The molecule has 0 aromatic carbocycles. The van der Waals surface area contributed by atoms with Gasteiger partial charge in [-0.3, -0.25) is 0 Å². The van der Waals surface area contributed by atoms with Crippen molar-refractivity contribution in [2.24, 2.45) is 0 Å². The Morgan fingerprint density at radius 3 is 2.44 bits per heavy atom. The quantitative estimate of drug-likeness (QED) is 0.522. The smallest absolute Gasteiger partial charge is 0.0144 e. The molecule has 1 aliphatic heterocycles. The molecule has 0 nitrogen and oxygen atoms in total. The van der Waals surface area contributed by atoms with E-state index in [1.807, 2.05) is 0 Å². The van der Waals surface area contributed by atoms with Crippen LogP contribution in [0.5, 0.6) is 0 Å². The van der Waals surface area contributed by atoms with Crippen molar-refractivity contribution >= 4 is 8.58 Å². The van der Waals surface area contributed by atoms with Crippen LogP contribution in [-0.2, 0) is 0 Å². The SMILES string of the molecule is CCC1CC(C)(CC)P1. The summed E-state index contributed by atoms with van der Waals surface area (Å²) in [5.74, 6) is 0. The maximum absolute atomic E-state index is 2.43. The molecule has 0 spiro atoms. The Morgan fingerprint density at radius 2 is 2.11 bits per heavy atom. The molecule has 0 N–H and O–H groups in total. The lowest BCUT2D eigenvalue weighted by Gasteiger charge is -2.44. The highest BCUT2D eigenvalue weighted by molar-refractivity contribution is 7.42. The van der Waals surface area contributed by atoms with Crippen molar-refractivity contribution in [1.29, 1.82) is 0 Å². The number of hydrogen-bond donors (Lipinski definition) is 0. The maximum Gasteiger partial charge on any atom is -0.0144 e. The van der Waals surface area contributed by atoms with Gasteiger partial charge in [0, 0.05) is 0 Å². The molecule has 0 aromatic rings. The average molecular weight is 144 g/mol. The van der Waals surface area contributed by atoms with Gasteiger partial charge in [-0.25, -0.2) is 0 Å². The Kier molecular flexibility index (Phi) is 2.16. The van der Waals surface area contributed by atoms with Crippen LogP contribution in [0.15, 0.2) is 0 Å². The number of rotatable bonds is 2. The zero-order chi connectivity index (χ0) is 6.91. The molecule has 0 aromatic heterocycles. The zero-order valence-electron chi connectivity index (χ0n) is 6.70. The molecule has 0 bridgehead atoms. The summed E-state index contributed by atoms with van der Waals surface area (Å²) in [6.45, 7) is 7.06. The van der Waals surface area contributed by atoms with E-state index in [4.69, 9.17) is 0 Å². The molecule has 1 fully saturated rings. The highest BCUT2D eigenvalue weighted by Crippen LogP contribution is 2.55. The lowest BCUT2D eigenvalue weighted by molar-refractivity contribution is 0.484. The lowest BCUT2D eigenvalue weighted by atomic mass is 9.98. The third-order valence-corrected chi connectivity index (χ3v) is 4.80. The fourth-order valence-electron chi connectivity index (χ4n) is 1.51. The van der Waals surface area contributed by atoms with E-state index in [-0.39, 0.29) is 0 Å². The molecule has 3 unspecified atom stereocenters. The van der Waals surface area contributed by atoms with Gasteiger partial charge in [-0.15, -0.1) is 8.58 Å². The fraction of sp³-hybridized carbons (Fsp3) is 1.00. The summed E-state index contributed by atoms with van der Waals surface area (Å²) in [7, 11) is 1.26. The first-order valence-corrected chi connectivity index (χ1v) is 5.05. The summed E-state index contributed by atoms with van der Waals surface area (Å²) < 4.78 is 0. The van der Waals surface area contributed by atoms with E-state index < -0.39 is 0 Å². The normalized spacial score (nSPS) is 45.0. The van der Waals surface area contributed by atoms with Crippen LogP contribution in [0.1, 0.15) is 40.0 Å². The Labute approximate surface area is 60.2 Å². The molecule has 1 heteroatoms. The van der Waals surface area contributed by atoms with Crippen molar-refractivity contribution < 1.29 is 0 Å². The second-order valence-corrected chi connectivity index (χ2v) is 5.68. The molecule has 1 aliphatic rings. The summed E-state index contributed by atoms with van der Waals surface area (Å²) in [5, 5.41) is 0.765. The molecule has 0 radical (unpaired) electrons. The molecular formula is C8H17P. The van der Waals surface area contributed by atoms with Crippen LogP contribution in [0.3, 0.4) is 0 Å². The predicted molar refractivity (Wildman–Crippen MR) is 45.7 cm³/mol. The van der Waals surface area contributed by atoms with Crippen molar-refractivity contribution in [2.75, 3.05) is 0 Å². The van der Waals surface area contributed by atoms with Gasteiger partial charge in [-0.05, 0) is 30.1 Å². The second kappa shape index (κ2) is 2.58. The van der Waals surface area contributed by atoms with Crippen LogP contribution < -0.4 is 0 Å². The van der Waals surface area contributed by atoms with Crippen LogP contribution in [0.2, 0.25) is 0 Å². The van der Waals surface area contributed by atoms with Gasteiger partial charge in [0.2, 0.25) is 0 Å². The standard InChI is InChI=1S/C8H17P/c1-4-7-6-8(3,5-2)9-7/h7,9H,4-6H2,1-3H3. The van der Waals surface area contributed by atoms with E-state index >= 15 is 0 Å². The van der Waals surface area contributed by atoms with Crippen molar-refractivity contribution in [1.82, 2.24) is 0 Å². The molecule has 54 valence electrons. The molecule has 1 heterocycles. The first kappa shape index (κ1) is 7.54. The first-order valence-electron chi connectivity index (χ1n) is 3.98. The molecular weight excluding hydrogens is 127 g/mol. The van der Waals surface area contributed by atoms with Gasteiger partial charge in [0.15, 0.2) is 0 Å². The van der Waals surface area contributed by atoms with E-state index in [0.29, 0.717) is 0 Å². The van der Waals surface area contributed by atoms with Gasteiger partial charge in [0.05, 0.1) is 0 Å². The van der Waals surface area contributed by atoms with Crippen LogP contribution in [0, 0.1) is 0 Å². The van der Waals surface area contributed by atoms with E-state index in [1.165, 1.54) is 27.8 Å². The summed E-state index contributed by atoms with van der Waals surface area (Å²) in [4.78, 5) is 0. The topological polar surface area (TPSA) is 0 Å². The van der Waals surface area contributed by atoms with Crippen LogP contribution in [0.25, 0.3) is 0 Å². The van der Waals surface area contributed by atoms with Crippen molar-refractivity contribution in [3.05, 3.63) is 0 Å². The Hall–Kier alpha value is 0.430. The van der Waals surface area contributed by atoms with E-state index in [0.717, 1.165) is 10.8 Å². The largest absolute Gasteiger partial charge is 0.113 e. The Morgan fingerprint density at radius 1 is 1.56 bits per heavy atom. The summed E-state index contributed by atoms with van der Waals surface area (Å²) in [6.07, 6.45) is 4.30. The third kappa shape index (κ3) is 1.46. The lowest BCUT2D eigenvalue weighted by Crippen LogP contribution is -2.34. The predicted octanol–water partition coefficient (Wildman–Crippen LogP) is 3.02. The van der Waals surface area contributed by atoms with Gasteiger partial charge in [-0.2, -0.15) is 0 Å². The van der Waals surface area contributed by atoms with Crippen molar-refractivity contribution in [3.63, 3.8) is 0 Å². The maximum atomic E-state index is 2.43. The molecule has 0 saturated carbocycles. The monoisotopic (exact) mass is 144 g/mol. The van der Waals surface area contributed by atoms with Crippen LogP contribution >= 0.6 is 8.58 Å². The molecule has 0 amide bonds. The number of hydrogen-bond acceptors (Lipinski definition) is 0. The minimum atomic E-state index is 0.765.